The normalized spacial score (nSPS) is 10.2. The zero-order valence-corrected chi connectivity index (χ0v) is 14.0. The van der Waals surface area contributed by atoms with E-state index < -0.39 is 5.97 Å². The second kappa shape index (κ2) is 8.36. The van der Waals surface area contributed by atoms with Crippen molar-refractivity contribution >= 4 is 23.5 Å². The Kier molecular flexibility index (Phi) is 6.21. The molecule has 0 unspecified atom stereocenters. The number of aromatic carboxylic acids is 1. The molecule has 2 aromatic rings. The molecule has 0 spiro atoms. The first-order chi connectivity index (χ1) is 11.5. The molecule has 0 atom stereocenters. The lowest BCUT2D eigenvalue weighted by Crippen LogP contribution is -2.26. The maximum Gasteiger partial charge on any atom is 0.335 e. The van der Waals surface area contributed by atoms with E-state index in [0.29, 0.717) is 35.9 Å². The lowest BCUT2D eigenvalue weighted by Gasteiger charge is -2.11. The number of hydrogen-bond donors (Lipinski definition) is 2. The van der Waals surface area contributed by atoms with Gasteiger partial charge in [0.15, 0.2) is 0 Å². The van der Waals surface area contributed by atoms with Crippen molar-refractivity contribution in [2.24, 2.45) is 0 Å². The first-order valence-corrected chi connectivity index (χ1v) is 7.92. The quantitative estimate of drug-likeness (QED) is 0.804. The highest BCUT2D eigenvalue weighted by atomic mass is 35.5. The van der Waals surface area contributed by atoms with E-state index in [4.69, 9.17) is 21.4 Å². The zero-order valence-electron chi connectivity index (χ0n) is 13.2. The highest BCUT2D eigenvalue weighted by Gasteiger charge is 2.13. The van der Waals surface area contributed by atoms with Gasteiger partial charge in [-0.15, -0.1) is 0 Å². The fourth-order valence-corrected chi connectivity index (χ4v) is 2.36. The third kappa shape index (κ3) is 4.73. The number of benzene rings is 2. The Morgan fingerprint density at radius 1 is 1.17 bits per heavy atom. The largest absolute Gasteiger partial charge is 0.493 e. The minimum atomic E-state index is -0.959. The van der Waals surface area contributed by atoms with Crippen molar-refractivity contribution in [3.05, 3.63) is 64.2 Å². The minimum Gasteiger partial charge on any atom is -0.493 e. The van der Waals surface area contributed by atoms with Crippen LogP contribution >= 0.6 is 11.6 Å². The lowest BCUT2D eigenvalue weighted by molar-refractivity contribution is 0.0696. The average molecular weight is 348 g/mol. The molecule has 1 amide bonds. The van der Waals surface area contributed by atoms with Gasteiger partial charge in [0.2, 0.25) is 0 Å². The van der Waals surface area contributed by atoms with Gasteiger partial charge in [0.25, 0.3) is 5.91 Å². The van der Waals surface area contributed by atoms with Crippen LogP contribution in [0.5, 0.6) is 5.75 Å². The first kappa shape index (κ1) is 17.8. The number of carbonyl (C=O) groups is 2. The monoisotopic (exact) mass is 347 g/mol. The molecule has 126 valence electrons. The fraction of sp³-hybridized carbons (Fsp3) is 0.222. The smallest absolute Gasteiger partial charge is 0.335 e. The molecule has 5 nitrogen and oxygen atoms in total. The van der Waals surface area contributed by atoms with Crippen LogP contribution in [0.4, 0.5) is 0 Å². The summed E-state index contributed by atoms with van der Waals surface area (Å²) in [7, 11) is 0. The molecule has 0 fully saturated rings. The van der Waals surface area contributed by atoms with E-state index in [2.05, 4.69) is 5.32 Å². The highest BCUT2D eigenvalue weighted by molar-refractivity contribution is 6.31. The Bertz CT molecular complexity index is 728. The molecule has 0 bridgehead atoms. The number of amides is 1. The Balaban J connectivity index is 1.96. The van der Waals surface area contributed by atoms with Crippen molar-refractivity contribution in [1.82, 2.24) is 5.32 Å². The number of ether oxygens (including phenoxy) is 1. The van der Waals surface area contributed by atoms with Crippen LogP contribution < -0.4 is 10.1 Å². The summed E-state index contributed by atoms with van der Waals surface area (Å²) in [4.78, 5) is 23.1. The van der Waals surface area contributed by atoms with E-state index in [1.54, 1.807) is 42.5 Å². The van der Waals surface area contributed by atoms with Gasteiger partial charge in [-0.2, -0.15) is 0 Å². The van der Waals surface area contributed by atoms with Crippen molar-refractivity contribution in [2.75, 3.05) is 13.2 Å². The molecule has 0 aromatic heterocycles. The van der Waals surface area contributed by atoms with Gasteiger partial charge >= 0.3 is 5.97 Å². The number of carbonyl (C=O) groups excluding carboxylic acids is 1. The maximum absolute atomic E-state index is 12.3. The van der Waals surface area contributed by atoms with Crippen LogP contribution in [0, 0.1) is 0 Å². The minimum absolute atomic E-state index is 0.239. The predicted octanol–water partition coefficient (Wildman–Crippen LogP) is 3.41. The van der Waals surface area contributed by atoms with Gasteiger partial charge in [0.1, 0.15) is 5.75 Å². The van der Waals surface area contributed by atoms with Crippen LogP contribution in [0.1, 0.15) is 33.2 Å². The zero-order chi connectivity index (χ0) is 17.5. The van der Waals surface area contributed by atoms with Gasteiger partial charge in [0.05, 0.1) is 17.7 Å². The Morgan fingerprint density at radius 3 is 2.50 bits per heavy atom. The second-order valence-corrected chi connectivity index (χ2v) is 5.52. The summed E-state index contributed by atoms with van der Waals surface area (Å²) >= 11 is 5.95. The summed E-state index contributed by atoms with van der Waals surface area (Å²) in [5, 5.41) is 12.1. The number of rotatable bonds is 7. The van der Waals surface area contributed by atoms with Crippen LogP contribution in [0.2, 0.25) is 5.02 Å². The van der Waals surface area contributed by atoms with Gasteiger partial charge in [-0.25, -0.2) is 4.79 Å². The number of carboxylic acid groups (broad SMARTS) is 1. The van der Waals surface area contributed by atoms with Crippen molar-refractivity contribution in [1.29, 1.82) is 0 Å². The molecule has 0 aliphatic rings. The van der Waals surface area contributed by atoms with Crippen molar-refractivity contribution in [3.63, 3.8) is 0 Å². The van der Waals surface area contributed by atoms with Gasteiger partial charge in [-0.3, -0.25) is 4.79 Å². The molecule has 0 heterocycles. The van der Waals surface area contributed by atoms with E-state index in [1.165, 1.54) is 0 Å². The van der Waals surface area contributed by atoms with Crippen molar-refractivity contribution in [3.8, 4) is 5.75 Å². The molecule has 6 heteroatoms. The third-order valence-electron chi connectivity index (χ3n) is 3.39. The molecule has 24 heavy (non-hydrogen) atoms. The van der Waals surface area contributed by atoms with Crippen LogP contribution in [0.15, 0.2) is 42.5 Å². The van der Waals surface area contributed by atoms with Crippen LogP contribution in [-0.2, 0) is 6.42 Å². The lowest BCUT2D eigenvalue weighted by atomic mass is 10.1. The van der Waals surface area contributed by atoms with E-state index in [9.17, 15) is 9.59 Å². The maximum atomic E-state index is 12.3. The van der Waals surface area contributed by atoms with Crippen molar-refractivity contribution in [2.45, 2.75) is 13.3 Å². The topological polar surface area (TPSA) is 75.6 Å². The Hall–Kier alpha value is -2.53. The van der Waals surface area contributed by atoms with E-state index >= 15 is 0 Å². The molecule has 0 radical (unpaired) electrons. The predicted molar refractivity (Wildman–Crippen MR) is 92.1 cm³/mol. The summed E-state index contributed by atoms with van der Waals surface area (Å²) in [5.74, 6) is -0.729. The van der Waals surface area contributed by atoms with Crippen LogP contribution in [-0.4, -0.2) is 30.1 Å². The summed E-state index contributed by atoms with van der Waals surface area (Å²) in [6.45, 7) is 2.72. The summed E-state index contributed by atoms with van der Waals surface area (Å²) in [6, 6.07) is 11.5. The van der Waals surface area contributed by atoms with Gasteiger partial charge in [-0.1, -0.05) is 23.7 Å². The standard InChI is InChI=1S/C18H18ClNO4/c1-2-24-16-8-7-14(19)11-15(16)17(21)20-10-9-12-3-5-13(6-4-12)18(22)23/h3-8,11H,2,9-10H2,1H3,(H,20,21)(H,22,23). The third-order valence-corrected chi connectivity index (χ3v) is 3.62. The summed E-state index contributed by atoms with van der Waals surface area (Å²) in [5.41, 5.74) is 1.57. The fourth-order valence-electron chi connectivity index (χ4n) is 2.19. The second-order valence-electron chi connectivity index (χ2n) is 5.08. The highest BCUT2D eigenvalue weighted by Crippen LogP contribution is 2.22. The number of nitrogens with one attached hydrogen (secondary N) is 1. The molecule has 0 saturated carbocycles. The molecular formula is C18H18ClNO4. The van der Waals surface area contributed by atoms with Crippen LogP contribution in [0.3, 0.4) is 0 Å². The molecular weight excluding hydrogens is 330 g/mol. The van der Waals surface area contributed by atoms with E-state index in [0.717, 1.165) is 5.56 Å². The molecule has 0 aliphatic heterocycles. The number of hydrogen-bond acceptors (Lipinski definition) is 3. The number of carboxylic acids is 1. The van der Waals surface area contributed by atoms with Crippen LogP contribution in [0.25, 0.3) is 0 Å². The Labute approximate surface area is 145 Å². The molecule has 2 N–H and O–H groups in total. The van der Waals surface area contributed by atoms with Crippen molar-refractivity contribution < 1.29 is 19.4 Å². The van der Waals surface area contributed by atoms with Gasteiger partial charge in [0, 0.05) is 11.6 Å². The van der Waals surface area contributed by atoms with Gasteiger partial charge < -0.3 is 15.2 Å². The number of halogens is 1. The molecule has 0 aliphatic carbocycles. The molecule has 2 rings (SSSR count). The molecule has 0 saturated heterocycles. The Morgan fingerprint density at radius 2 is 1.88 bits per heavy atom. The first-order valence-electron chi connectivity index (χ1n) is 7.54. The van der Waals surface area contributed by atoms with Gasteiger partial charge in [-0.05, 0) is 49.2 Å². The van der Waals surface area contributed by atoms with E-state index in [1.807, 2.05) is 6.92 Å². The summed E-state index contributed by atoms with van der Waals surface area (Å²) < 4.78 is 5.44. The SMILES string of the molecule is CCOc1ccc(Cl)cc1C(=O)NCCc1ccc(C(=O)O)cc1. The molecule has 2 aromatic carbocycles. The average Bonchev–Trinajstić information content (AvgIpc) is 2.57. The summed E-state index contributed by atoms with van der Waals surface area (Å²) in [6.07, 6.45) is 0.593. The van der Waals surface area contributed by atoms with E-state index in [-0.39, 0.29) is 11.5 Å².